The molecule has 0 aliphatic heterocycles. The summed E-state index contributed by atoms with van der Waals surface area (Å²) < 4.78 is 12.8. The molecule has 1 N–H and O–H groups in total. The molecule has 7 heteroatoms. The first-order valence-corrected chi connectivity index (χ1v) is 8.74. The van der Waals surface area contributed by atoms with Crippen molar-refractivity contribution in [3.8, 4) is 11.3 Å². The van der Waals surface area contributed by atoms with Gasteiger partial charge in [-0.1, -0.05) is 35.5 Å². The van der Waals surface area contributed by atoms with Crippen LogP contribution in [0.1, 0.15) is 0 Å². The van der Waals surface area contributed by atoms with Gasteiger partial charge in [0.15, 0.2) is 0 Å². The van der Waals surface area contributed by atoms with E-state index >= 15 is 0 Å². The normalized spacial score (nSPS) is 10.5. The maximum Gasteiger partial charge on any atom is 0.234 e. The summed E-state index contributed by atoms with van der Waals surface area (Å²) in [7, 11) is 0. The number of nitrogens with zero attached hydrogens (tertiary/aromatic N) is 2. The molecule has 0 aliphatic rings. The van der Waals surface area contributed by atoms with E-state index in [9.17, 15) is 9.18 Å². The molecule has 0 fully saturated rings. The van der Waals surface area contributed by atoms with Gasteiger partial charge in [0.05, 0.1) is 11.4 Å². The highest BCUT2D eigenvalue weighted by Gasteiger charge is 2.06. The van der Waals surface area contributed by atoms with Crippen molar-refractivity contribution < 1.29 is 9.18 Å². The van der Waals surface area contributed by atoms with E-state index in [4.69, 9.17) is 11.6 Å². The standard InChI is InChI=1S/C18H13ClFN3OS/c19-13-3-1-12(2-4-13)16-9-10-18(23-22-16)25-11-17(24)21-15-7-5-14(20)6-8-15/h1-10H,11H2,(H,21,24). The minimum atomic E-state index is -0.344. The second-order valence-electron chi connectivity index (χ2n) is 5.11. The van der Waals surface area contributed by atoms with Gasteiger partial charge in [0.2, 0.25) is 5.91 Å². The van der Waals surface area contributed by atoms with E-state index in [1.807, 2.05) is 24.3 Å². The van der Waals surface area contributed by atoms with E-state index in [0.29, 0.717) is 15.7 Å². The van der Waals surface area contributed by atoms with Crippen LogP contribution in [0.5, 0.6) is 0 Å². The van der Waals surface area contributed by atoms with Crippen LogP contribution < -0.4 is 5.32 Å². The molecule has 25 heavy (non-hydrogen) atoms. The smallest absolute Gasteiger partial charge is 0.234 e. The van der Waals surface area contributed by atoms with Crippen molar-refractivity contribution >= 4 is 35.0 Å². The Bertz CT molecular complexity index is 855. The van der Waals surface area contributed by atoms with Crippen LogP contribution in [-0.4, -0.2) is 21.9 Å². The lowest BCUT2D eigenvalue weighted by Gasteiger charge is -2.05. The number of nitrogens with one attached hydrogen (secondary N) is 1. The van der Waals surface area contributed by atoms with E-state index in [-0.39, 0.29) is 17.5 Å². The average molecular weight is 374 g/mol. The number of aromatic nitrogens is 2. The first kappa shape index (κ1) is 17.4. The Hall–Kier alpha value is -2.44. The van der Waals surface area contributed by atoms with Crippen LogP contribution in [0.4, 0.5) is 10.1 Å². The Balaban J connectivity index is 1.55. The number of anilines is 1. The van der Waals surface area contributed by atoms with E-state index in [1.54, 1.807) is 12.1 Å². The van der Waals surface area contributed by atoms with Gasteiger partial charge in [0.25, 0.3) is 0 Å². The van der Waals surface area contributed by atoms with Crippen LogP contribution in [0.2, 0.25) is 5.02 Å². The Morgan fingerprint density at radius 3 is 2.36 bits per heavy atom. The Kier molecular flexibility index (Phi) is 5.63. The molecule has 0 saturated carbocycles. The van der Waals surface area contributed by atoms with Crippen LogP contribution in [0, 0.1) is 5.82 Å². The third-order valence-corrected chi connectivity index (χ3v) is 4.43. The molecule has 2 aromatic carbocycles. The number of halogens is 2. The molecule has 0 unspecified atom stereocenters. The molecule has 0 saturated heterocycles. The lowest BCUT2D eigenvalue weighted by atomic mass is 10.1. The second-order valence-corrected chi connectivity index (χ2v) is 6.54. The minimum Gasteiger partial charge on any atom is -0.325 e. The molecule has 0 aliphatic carbocycles. The topological polar surface area (TPSA) is 54.9 Å². The molecule has 0 atom stereocenters. The summed E-state index contributed by atoms with van der Waals surface area (Å²) in [5.41, 5.74) is 2.20. The van der Waals surface area contributed by atoms with Crippen molar-refractivity contribution in [2.75, 3.05) is 11.1 Å². The number of benzene rings is 2. The number of carbonyl (C=O) groups is 1. The monoisotopic (exact) mass is 373 g/mol. The largest absolute Gasteiger partial charge is 0.325 e. The fourth-order valence-corrected chi connectivity index (χ4v) is 2.78. The van der Waals surface area contributed by atoms with Crippen molar-refractivity contribution in [3.63, 3.8) is 0 Å². The van der Waals surface area contributed by atoms with Gasteiger partial charge in [-0.2, -0.15) is 0 Å². The fraction of sp³-hybridized carbons (Fsp3) is 0.0556. The molecule has 0 bridgehead atoms. The van der Waals surface area contributed by atoms with Gasteiger partial charge < -0.3 is 5.32 Å². The number of carbonyl (C=O) groups excluding carboxylic acids is 1. The van der Waals surface area contributed by atoms with Crippen molar-refractivity contribution in [1.29, 1.82) is 0 Å². The zero-order chi connectivity index (χ0) is 17.6. The maximum absolute atomic E-state index is 12.8. The Morgan fingerprint density at radius 2 is 1.72 bits per heavy atom. The third-order valence-electron chi connectivity index (χ3n) is 3.26. The first-order valence-electron chi connectivity index (χ1n) is 7.38. The van der Waals surface area contributed by atoms with E-state index < -0.39 is 0 Å². The second kappa shape index (κ2) is 8.09. The van der Waals surface area contributed by atoms with Crippen molar-refractivity contribution in [2.24, 2.45) is 0 Å². The van der Waals surface area contributed by atoms with Gasteiger partial charge in [-0.15, -0.1) is 10.2 Å². The molecule has 3 aromatic rings. The zero-order valence-corrected chi connectivity index (χ0v) is 14.5. The van der Waals surface area contributed by atoms with Crippen molar-refractivity contribution in [2.45, 2.75) is 5.03 Å². The number of thioether (sulfide) groups is 1. The van der Waals surface area contributed by atoms with Crippen molar-refractivity contribution in [3.05, 3.63) is 71.5 Å². The maximum atomic E-state index is 12.8. The summed E-state index contributed by atoms with van der Waals surface area (Å²) in [6.07, 6.45) is 0. The van der Waals surface area contributed by atoms with Crippen molar-refractivity contribution in [1.82, 2.24) is 10.2 Å². The van der Waals surface area contributed by atoms with E-state index in [0.717, 1.165) is 11.3 Å². The highest BCUT2D eigenvalue weighted by Crippen LogP contribution is 2.21. The Labute approximate surface area is 153 Å². The number of hydrogen-bond acceptors (Lipinski definition) is 4. The molecule has 4 nitrogen and oxygen atoms in total. The summed E-state index contributed by atoms with van der Waals surface area (Å²) in [4.78, 5) is 11.9. The highest BCUT2D eigenvalue weighted by molar-refractivity contribution is 7.99. The van der Waals surface area contributed by atoms with Gasteiger partial charge in [-0.25, -0.2) is 4.39 Å². The predicted molar refractivity (Wildman–Crippen MR) is 98.2 cm³/mol. The Morgan fingerprint density at radius 1 is 1.00 bits per heavy atom. The van der Waals surface area contributed by atoms with Gasteiger partial charge in [0.1, 0.15) is 10.8 Å². The summed E-state index contributed by atoms with van der Waals surface area (Å²) in [6, 6.07) is 16.6. The first-order chi connectivity index (χ1) is 12.1. The highest BCUT2D eigenvalue weighted by atomic mass is 35.5. The third kappa shape index (κ3) is 5.01. The molecular weight excluding hydrogens is 361 g/mol. The lowest BCUT2D eigenvalue weighted by molar-refractivity contribution is -0.113. The number of rotatable bonds is 5. The van der Waals surface area contributed by atoms with E-state index in [2.05, 4.69) is 15.5 Å². The van der Waals surface area contributed by atoms with Gasteiger partial charge in [-0.3, -0.25) is 4.79 Å². The molecule has 3 rings (SSSR count). The average Bonchev–Trinajstić information content (AvgIpc) is 2.63. The van der Waals surface area contributed by atoms with Crippen LogP contribution >= 0.6 is 23.4 Å². The summed E-state index contributed by atoms with van der Waals surface area (Å²) in [5.74, 6) is -0.351. The van der Waals surface area contributed by atoms with Gasteiger partial charge in [-0.05, 0) is 48.5 Å². The molecule has 126 valence electrons. The molecule has 1 heterocycles. The zero-order valence-electron chi connectivity index (χ0n) is 12.9. The van der Waals surface area contributed by atoms with E-state index in [1.165, 1.54) is 36.0 Å². The molecule has 1 aromatic heterocycles. The summed E-state index contributed by atoms with van der Waals surface area (Å²) in [6.45, 7) is 0. The molecular formula is C18H13ClFN3OS. The quantitative estimate of drug-likeness (QED) is 0.660. The number of hydrogen-bond donors (Lipinski definition) is 1. The molecule has 0 spiro atoms. The summed E-state index contributed by atoms with van der Waals surface area (Å²) in [5, 5.41) is 12.3. The number of amides is 1. The summed E-state index contributed by atoms with van der Waals surface area (Å²) >= 11 is 7.14. The SMILES string of the molecule is O=C(CSc1ccc(-c2ccc(Cl)cc2)nn1)Nc1ccc(F)cc1. The van der Waals surface area contributed by atoms with Crippen LogP contribution in [-0.2, 0) is 4.79 Å². The fourth-order valence-electron chi connectivity index (χ4n) is 2.04. The minimum absolute atomic E-state index is 0.187. The van der Waals surface area contributed by atoms with Gasteiger partial charge >= 0.3 is 0 Å². The van der Waals surface area contributed by atoms with Crippen LogP contribution in [0.25, 0.3) is 11.3 Å². The molecule has 0 radical (unpaired) electrons. The molecule has 1 amide bonds. The lowest BCUT2D eigenvalue weighted by Crippen LogP contribution is -2.14. The van der Waals surface area contributed by atoms with Crippen LogP contribution in [0.15, 0.2) is 65.7 Å². The van der Waals surface area contributed by atoms with Crippen LogP contribution in [0.3, 0.4) is 0 Å². The predicted octanol–water partition coefficient (Wildman–Crippen LogP) is 4.67. The van der Waals surface area contributed by atoms with Gasteiger partial charge in [0, 0.05) is 16.3 Å².